The van der Waals surface area contributed by atoms with Gasteiger partial charge in [0.15, 0.2) is 0 Å². The first-order valence-corrected chi connectivity index (χ1v) is 8.96. The van der Waals surface area contributed by atoms with Gasteiger partial charge in [0.1, 0.15) is 0 Å². The molecule has 1 aliphatic heterocycles. The summed E-state index contributed by atoms with van der Waals surface area (Å²) >= 11 is 1.59. The third-order valence-corrected chi connectivity index (χ3v) is 5.46. The number of nitrogens with zero attached hydrogens (tertiary/aromatic N) is 4. The van der Waals surface area contributed by atoms with E-state index in [1.54, 1.807) is 11.3 Å². The fourth-order valence-electron chi connectivity index (χ4n) is 3.12. The highest BCUT2D eigenvalue weighted by atomic mass is 35.5. The minimum atomic E-state index is -0.778. The van der Waals surface area contributed by atoms with Crippen molar-refractivity contribution in [3.63, 3.8) is 0 Å². The van der Waals surface area contributed by atoms with Gasteiger partial charge in [-0.05, 0) is 38.3 Å². The molecule has 1 unspecified atom stereocenters. The maximum atomic E-state index is 10.8. The molecule has 1 N–H and O–H groups in total. The number of aromatic nitrogens is 2. The van der Waals surface area contributed by atoms with E-state index < -0.39 is 5.97 Å². The number of carboxylic acids is 1. The van der Waals surface area contributed by atoms with Crippen molar-refractivity contribution in [1.82, 2.24) is 19.9 Å². The lowest BCUT2D eigenvalue weighted by Crippen LogP contribution is -2.45. The number of hydrogen-bond acceptors (Lipinski definition) is 7. The number of piperidine rings is 1. The zero-order chi connectivity index (χ0) is 17.1. The molecular formula is C16H23ClN4O3S. The Bertz CT molecular complexity index is 671. The Kier molecular flexibility index (Phi) is 6.95. The lowest BCUT2D eigenvalue weighted by atomic mass is 10.0. The van der Waals surface area contributed by atoms with Crippen molar-refractivity contribution in [3.05, 3.63) is 23.4 Å². The van der Waals surface area contributed by atoms with Crippen molar-refractivity contribution in [2.45, 2.75) is 31.8 Å². The van der Waals surface area contributed by atoms with Crippen molar-refractivity contribution in [2.24, 2.45) is 0 Å². The number of carbonyl (C=O) groups is 1. The van der Waals surface area contributed by atoms with Crippen LogP contribution < -0.4 is 0 Å². The van der Waals surface area contributed by atoms with Crippen molar-refractivity contribution >= 4 is 29.7 Å². The molecular weight excluding hydrogens is 364 g/mol. The molecule has 138 valence electrons. The number of halogens is 1. The second kappa shape index (κ2) is 8.75. The van der Waals surface area contributed by atoms with Crippen LogP contribution in [-0.2, 0) is 4.79 Å². The summed E-state index contributed by atoms with van der Waals surface area (Å²) in [5, 5.41) is 15.0. The van der Waals surface area contributed by atoms with Gasteiger partial charge in [0.2, 0.25) is 11.7 Å². The second-order valence-corrected chi connectivity index (χ2v) is 7.13. The SMILES string of the molecule is CC(c1nc(-c2cccs2)no1)N1CCC(N(C)CC(=O)O)CC1.Cl. The average Bonchev–Trinajstić information content (AvgIpc) is 3.24. The highest BCUT2D eigenvalue weighted by Crippen LogP contribution is 2.27. The van der Waals surface area contributed by atoms with Crippen LogP contribution in [0.3, 0.4) is 0 Å². The van der Waals surface area contributed by atoms with Gasteiger partial charge in [-0.1, -0.05) is 11.2 Å². The average molecular weight is 387 g/mol. The first-order valence-electron chi connectivity index (χ1n) is 8.08. The summed E-state index contributed by atoms with van der Waals surface area (Å²) in [4.78, 5) is 20.6. The fourth-order valence-corrected chi connectivity index (χ4v) is 3.77. The van der Waals surface area contributed by atoms with Crippen LogP contribution in [0.2, 0.25) is 0 Å². The summed E-state index contributed by atoms with van der Waals surface area (Å²) in [6, 6.07) is 4.33. The van der Waals surface area contributed by atoms with E-state index in [1.165, 1.54) is 0 Å². The van der Waals surface area contributed by atoms with Crippen LogP contribution in [0.1, 0.15) is 31.7 Å². The molecule has 0 spiro atoms. The predicted molar refractivity (Wildman–Crippen MR) is 98.1 cm³/mol. The van der Waals surface area contributed by atoms with Gasteiger partial charge in [-0.2, -0.15) is 4.98 Å². The predicted octanol–water partition coefficient (Wildman–Crippen LogP) is 2.76. The Morgan fingerprint density at radius 3 is 2.84 bits per heavy atom. The molecule has 0 radical (unpaired) electrons. The van der Waals surface area contributed by atoms with Crippen LogP contribution in [0.4, 0.5) is 0 Å². The van der Waals surface area contributed by atoms with E-state index in [-0.39, 0.29) is 25.0 Å². The van der Waals surface area contributed by atoms with E-state index >= 15 is 0 Å². The van der Waals surface area contributed by atoms with Crippen LogP contribution in [0, 0.1) is 0 Å². The Morgan fingerprint density at radius 2 is 2.24 bits per heavy atom. The second-order valence-electron chi connectivity index (χ2n) is 6.19. The minimum absolute atomic E-state index is 0. The minimum Gasteiger partial charge on any atom is -0.480 e. The smallest absolute Gasteiger partial charge is 0.317 e. The van der Waals surface area contributed by atoms with Crippen LogP contribution in [0.5, 0.6) is 0 Å². The number of thiophene rings is 1. The number of likely N-dealkylation sites (N-methyl/N-ethyl adjacent to an activating group) is 1. The topological polar surface area (TPSA) is 82.7 Å². The monoisotopic (exact) mass is 386 g/mol. The summed E-state index contributed by atoms with van der Waals surface area (Å²) in [7, 11) is 1.88. The maximum Gasteiger partial charge on any atom is 0.317 e. The Labute approximate surface area is 157 Å². The van der Waals surface area contributed by atoms with E-state index in [9.17, 15) is 4.79 Å². The molecule has 1 atom stereocenters. The molecule has 7 nitrogen and oxygen atoms in total. The molecule has 0 aliphatic carbocycles. The molecule has 0 bridgehead atoms. The third-order valence-electron chi connectivity index (χ3n) is 4.60. The number of aliphatic carboxylic acids is 1. The van der Waals surface area contributed by atoms with Gasteiger partial charge < -0.3 is 9.63 Å². The molecule has 2 aromatic rings. The third kappa shape index (κ3) is 4.78. The molecule has 0 saturated carbocycles. The molecule has 1 aliphatic rings. The van der Waals surface area contributed by atoms with Crippen LogP contribution in [0.25, 0.3) is 10.7 Å². The Hall–Kier alpha value is -1.48. The van der Waals surface area contributed by atoms with E-state index in [2.05, 4.69) is 22.0 Å². The summed E-state index contributed by atoms with van der Waals surface area (Å²) < 4.78 is 5.45. The van der Waals surface area contributed by atoms with E-state index in [4.69, 9.17) is 9.63 Å². The Morgan fingerprint density at radius 1 is 1.52 bits per heavy atom. The van der Waals surface area contributed by atoms with E-state index in [0.717, 1.165) is 30.8 Å². The quantitative estimate of drug-likeness (QED) is 0.817. The van der Waals surface area contributed by atoms with Gasteiger partial charge >= 0.3 is 5.97 Å². The van der Waals surface area contributed by atoms with Gasteiger partial charge in [-0.3, -0.25) is 14.6 Å². The number of likely N-dealkylation sites (tertiary alicyclic amines) is 1. The van der Waals surface area contributed by atoms with Gasteiger partial charge in [0.25, 0.3) is 0 Å². The zero-order valence-corrected chi connectivity index (χ0v) is 15.9. The van der Waals surface area contributed by atoms with E-state index in [0.29, 0.717) is 17.8 Å². The molecule has 25 heavy (non-hydrogen) atoms. The van der Waals surface area contributed by atoms with Crippen molar-refractivity contribution < 1.29 is 14.4 Å². The van der Waals surface area contributed by atoms with Crippen LogP contribution in [0.15, 0.2) is 22.0 Å². The van der Waals surface area contributed by atoms with Gasteiger partial charge in [-0.15, -0.1) is 23.7 Å². The van der Waals surface area contributed by atoms with Crippen molar-refractivity contribution in [1.29, 1.82) is 0 Å². The molecule has 0 aromatic carbocycles. The molecule has 9 heteroatoms. The Balaban J connectivity index is 0.00000225. The summed E-state index contributed by atoms with van der Waals surface area (Å²) in [5.74, 6) is 0.499. The molecule has 0 amide bonds. The number of carboxylic acid groups (broad SMARTS) is 1. The van der Waals surface area contributed by atoms with Gasteiger partial charge in [-0.25, -0.2) is 0 Å². The first kappa shape index (κ1) is 19.8. The molecule has 2 aromatic heterocycles. The fraction of sp³-hybridized carbons (Fsp3) is 0.562. The van der Waals surface area contributed by atoms with Crippen LogP contribution >= 0.6 is 23.7 Å². The van der Waals surface area contributed by atoms with Crippen molar-refractivity contribution in [3.8, 4) is 10.7 Å². The molecule has 1 saturated heterocycles. The molecule has 3 rings (SSSR count). The van der Waals surface area contributed by atoms with Crippen LogP contribution in [-0.4, -0.2) is 63.7 Å². The highest BCUT2D eigenvalue weighted by molar-refractivity contribution is 7.13. The lowest BCUT2D eigenvalue weighted by molar-refractivity contribution is -0.138. The summed E-state index contributed by atoms with van der Waals surface area (Å²) in [5.41, 5.74) is 0. The number of rotatable bonds is 6. The van der Waals surface area contributed by atoms with E-state index in [1.807, 2.05) is 29.5 Å². The molecule has 3 heterocycles. The maximum absolute atomic E-state index is 10.8. The standard InChI is InChI=1S/C16H22N4O3S.ClH/c1-11(16-17-15(18-23-16)13-4-3-9-24-13)20-7-5-12(6-8-20)19(2)10-14(21)22;/h3-4,9,11-12H,5-8,10H2,1-2H3,(H,21,22);1H. The van der Waals surface area contributed by atoms with Crippen molar-refractivity contribution in [2.75, 3.05) is 26.7 Å². The molecule has 1 fully saturated rings. The first-order chi connectivity index (χ1) is 11.5. The largest absolute Gasteiger partial charge is 0.480 e. The lowest BCUT2D eigenvalue weighted by Gasteiger charge is -2.37. The summed E-state index contributed by atoms with van der Waals surface area (Å²) in [6.07, 6.45) is 1.89. The summed E-state index contributed by atoms with van der Waals surface area (Å²) in [6.45, 7) is 3.96. The van der Waals surface area contributed by atoms with Gasteiger partial charge in [0.05, 0.1) is 17.5 Å². The number of hydrogen-bond donors (Lipinski definition) is 1. The zero-order valence-electron chi connectivity index (χ0n) is 14.3. The van der Waals surface area contributed by atoms with Gasteiger partial charge in [0, 0.05) is 19.1 Å². The normalized spacial score (nSPS) is 17.4. The highest BCUT2D eigenvalue weighted by Gasteiger charge is 2.29.